The number of hydrogen-bond acceptors (Lipinski definition) is 2. The van der Waals surface area contributed by atoms with Crippen molar-refractivity contribution in [1.82, 2.24) is 4.98 Å². The van der Waals surface area contributed by atoms with Crippen molar-refractivity contribution in [2.45, 2.75) is 26.7 Å². The van der Waals surface area contributed by atoms with Crippen LogP contribution in [0.4, 0.5) is 10.1 Å². The number of aromatic nitrogens is 1. The van der Waals surface area contributed by atoms with Gasteiger partial charge >= 0.3 is 0 Å². The van der Waals surface area contributed by atoms with Crippen molar-refractivity contribution >= 4 is 22.5 Å². The van der Waals surface area contributed by atoms with Gasteiger partial charge in [0.15, 0.2) is 0 Å². The summed E-state index contributed by atoms with van der Waals surface area (Å²) in [4.78, 5) is 27.1. The number of carbonyl (C=O) groups is 1. The van der Waals surface area contributed by atoms with Gasteiger partial charge in [0.2, 0.25) is 5.91 Å². The first-order chi connectivity index (χ1) is 11.9. The first kappa shape index (κ1) is 16.9. The van der Waals surface area contributed by atoms with Gasteiger partial charge in [-0.2, -0.15) is 0 Å². The van der Waals surface area contributed by atoms with Gasteiger partial charge in [-0.25, -0.2) is 4.39 Å². The number of carbonyl (C=O) groups excluding carboxylic acids is 1. The van der Waals surface area contributed by atoms with Crippen LogP contribution in [0.1, 0.15) is 23.1 Å². The number of pyridine rings is 1. The maximum Gasteiger partial charge on any atom is 0.251 e. The van der Waals surface area contributed by atoms with Gasteiger partial charge in [0, 0.05) is 23.2 Å². The van der Waals surface area contributed by atoms with Crippen LogP contribution >= 0.6 is 0 Å². The molecule has 0 saturated heterocycles. The fourth-order valence-corrected chi connectivity index (χ4v) is 2.71. The Bertz CT molecular complexity index is 991. The second-order valence-corrected chi connectivity index (χ2v) is 6.20. The van der Waals surface area contributed by atoms with E-state index in [1.54, 1.807) is 0 Å². The molecule has 0 aliphatic carbocycles. The molecule has 1 amide bonds. The van der Waals surface area contributed by atoms with Crippen LogP contribution < -0.4 is 10.9 Å². The van der Waals surface area contributed by atoms with E-state index in [1.807, 2.05) is 32.0 Å². The molecule has 5 heteroatoms. The highest BCUT2D eigenvalue weighted by Crippen LogP contribution is 2.18. The van der Waals surface area contributed by atoms with Crippen LogP contribution in [0.5, 0.6) is 0 Å². The van der Waals surface area contributed by atoms with E-state index in [4.69, 9.17) is 0 Å². The molecule has 0 atom stereocenters. The highest BCUT2D eigenvalue weighted by molar-refractivity contribution is 5.90. The Balaban J connectivity index is 1.73. The van der Waals surface area contributed by atoms with Gasteiger partial charge < -0.3 is 10.3 Å². The van der Waals surface area contributed by atoms with Gasteiger partial charge in [-0.05, 0) is 79.2 Å². The summed E-state index contributed by atoms with van der Waals surface area (Å²) in [5.74, 6) is -0.572. The Kier molecular flexibility index (Phi) is 4.65. The summed E-state index contributed by atoms with van der Waals surface area (Å²) in [6, 6.07) is 11.4. The lowest BCUT2D eigenvalue weighted by molar-refractivity contribution is -0.116. The largest absolute Gasteiger partial charge is 0.326 e. The SMILES string of the molecule is Cc1cc2cc(CCC(=O)Nc3ccc(F)cc3)c(=O)[nH]c2cc1C. The molecule has 3 aromatic rings. The molecule has 128 valence electrons. The number of aryl methyl sites for hydroxylation is 3. The quantitative estimate of drug-likeness (QED) is 0.759. The van der Waals surface area contributed by atoms with Gasteiger partial charge in [-0.15, -0.1) is 0 Å². The summed E-state index contributed by atoms with van der Waals surface area (Å²) < 4.78 is 12.9. The van der Waals surface area contributed by atoms with Crippen LogP contribution in [0.3, 0.4) is 0 Å². The van der Waals surface area contributed by atoms with Gasteiger partial charge in [0.05, 0.1) is 0 Å². The number of amides is 1. The van der Waals surface area contributed by atoms with E-state index >= 15 is 0 Å². The fourth-order valence-electron chi connectivity index (χ4n) is 2.71. The molecule has 0 fully saturated rings. The number of aromatic amines is 1. The van der Waals surface area contributed by atoms with E-state index in [-0.39, 0.29) is 23.7 Å². The van der Waals surface area contributed by atoms with Crippen LogP contribution in [0, 0.1) is 19.7 Å². The molecule has 25 heavy (non-hydrogen) atoms. The van der Waals surface area contributed by atoms with Crippen molar-refractivity contribution in [3.05, 3.63) is 75.3 Å². The molecular formula is C20H19FN2O2. The van der Waals surface area contributed by atoms with E-state index in [0.29, 0.717) is 17.7 Å². The summed E-state index contributed by atoms with van der Waals surface area (Å²) in [5, 5.41) is 3.65. The first-order valence-corrected chi connectivity index (χ1v) is 8.11. The van der Waals surface area contributed by atoms with E-state index in [2.05, 4.69) is 10.3 Å². The molecule has 4 nitrogen and oxygen atoms in total. The monoisotopic (exact) mass is 338 g/mol. The predicted molar refractivity (Wildman–Crippen MR) is 97.4 cm³/mol. The van der Waals surface area contributed by atoms with Crippen molar-refractivity contribution in [2.24, 2.45) is 0 Å². The zero-order valence-electron chi connectivity index (χ0n) is 14.2. The summed E-state index contributed by atoms with van der Waals surface area (Å²) in [7, 11) is 0. The molecule has 2 N–H and O–H groups in total. The third-order valence-electron chi connectivity index (χ3n) is 4.28. The Morgan fingerprint density at radius 1 is 1.08 bits per heavy atom. The number of nitrogens with one attached hydrogen (secondary N) is 2. The molecule has 1 aromatic heterocycles. The number of halogens is 1. The lowest BCUT2D eigenvalue weighted by Crippen LogP contribution is -2.17. The molecule has 1 heterocycles. The minimum atomic E-state index is -0.355. The number of fused-ring (bicyclic) bond motifs is 1. The highest BCUT2D eigenvalue weighted by atomic mass is 19.1. The smallest absolute Gasteiger partial charge is 0.251 e. The molecule has 0 spiro atoms. The number of hydrogen-bond donors (Lipinski definition) is 2. The van der Waals surface area contributed by atoms with Gasteiger partial charge in [0.25, 0.3) is 5.56 Å². The van der Waals surface area contributed by atoms with E-state index in [0.717, 1.165) is 22.0 Å². The molecule has 0 bridgehead atoms. The van der Waals surface area contributed by atoms with Crippen molar-refractivity contribution in [2.75, 3.05) is 5.32 Å². The summed E-state index contributed by atoms with van der Waals surface area (Å²) in [5.41, 5.74) is 4.00. The Hall–Kier alpha value is -2.95. The van der Waals surface area contributed by atoms with E-state index in [1.165, 1.54) is 24.3 Å². The van der Waals surface area contributed by atoms with Crippen molar-refractivity contribution in [1.29, 1.82) is 0 Å². The number of benzene rings is 2. The fraction of sp³-hybridized carbons (Fsp3) is 0.200. The minimum Gasteiger partial charge on any atom is -0.326 e. The second kappa shape index (κ2) is 6.89. The van der Waals surface area contributed by atoms with Gasteiger partial charge in [-0.1, -0.05) is 0 Å². The van der Waals surface area contributed by atoms with Crippen LogP contribution in [0.2, 0.25) is 0 Å². The topological polar surface area (TPSA) is 62.0 Å². The summed E-state index contributed by atoms with van der Waals surface area (Å²) in [6.07, 6.45) is 0.516. The number of rotatable bonds is 4. The molecule has 0 radical (unpaired) electrons. The first-order valence-electron chi connectivity index (χ1n) is 8.11. The lowest BCUT2D eigenvalue weighted by Gasteiger charge is -2.07. The normalized spacial score (nSPS) is 10.8. The van der Waals surface area contributed by atoms with Gasteiger partial charge in [0.1, 0.15) is 5.82 Å². The lowest BCUT2D eigenvalue weighted by atomic mass is 10.0. The predicted octanol–water partition coefficient (Wildman–Crippen LogP) is 3.86. The molecule has 0 aliphatic heterocycles. The molecular weight excluding hydrogens is 319 g/mol. The number of H-pyrrole nitrogens is 1. The zero-order chi connectivity index (χ0) is 18.0. The third-order valence-corrected chi connectivity index (χ3v) is 4.28. The third kappa shape index (κ3) is 3.94. The Morgan fingerprint density at radius 3 is 2.48 bits per heavy atom. The molecule has 3 rings (SSSR count). The molecule has 0 unspecified atom stereocenters. The van der Waals surface area contributed by atoms with Crippen molar-refractivity contribution in [3.63, 3.8) is 0 Å². The zero-order valence-corrected chi connectivity index (χ0v) is 14.2. The maximum atomic E-state index is 12.9. The van der Waals surface area contributed by atoms with Crippen LogP contribution in [-0.4, -0.2) is 10.9 Å². The number of anilines is 1. The van der Waals surface area contributed by atoms with E-state index in [9.17, 15) is 14.0 Å². The van der Waals surface area contributed by atoms with Crippen LogP contribution in [0.15, 0.2) is 47.3 Å². The average molecular weight is 338 g/mol. The standard InChI is InChI=1S/C20H19FN2O2/c1-12-9-15-11-14(20(25)23-18(15)10-13(12)2)3-8-19(24)22-17-6-4-16(21)5-7-17/h4-7,9-11H,3,8H2,1-2H3,(H,22,24)(H,23,25). The second-order valence-electron chi connectivity index (χ2n) is 6.20. The molecule has 0 aliphatic rings. The van der Waals surface area contributed by atoms with Crippen molar-refractivity contribution in [3.8, 4) is 0 Å². The minimum absolute atomic E-state index is 0.176. The molecule has 2 aromatic carbocycles. The Labute approximate surface area is 144 Å². The summed E-state index contributed by atoms with van der Waals surface area (Å²) in [6.45, 7) is 4.02. The van der Waals surface area contributed by atoms with Crippen LogP contribution in [0.25, 0.3) is 10.9 Å². The van der Waals surface area contributed by atoms with Gasteiger partial charge in [-0.3, -0.25) is 9.59 Å². The average Bonchev–Trinajstić information content (AvgIpc) is 2.57. The Morgan fingerprint density at radius 2 is 1.76 bits per heavy atom. The summed E-state index contributed by atoms with van der Waals surface area (Å²) >= 11 is 0. The van der Waals surface area contributed by atoms with Crippen molar-refractivity contribution < 1.29 is 9.18 Å². The van der Waals surface area contributed by atoms with E-state index < -0.39 is 0 Å². The molecule has 0 saturated carbocycles. The maximum absolute atomic E-state index is 12.9. The van der Waals surface area contributed by atoms with Crippen LogP contribution in [-0.2, 0) is 11.2 Å². The highest BCUT2D eigenvalue weighted by Gasteiger charge is 2.08.